The number of hydrogen-bond donors (Lipinski definition) is 1. The zero-order chi connectivity index (χ0) is 15.2. The van der Waals surface area contributed by atoms with Crippen LogP contribution >= 0.6 is 0 Å². The summed E-state index contributed by atoms with van der Waals surface area (Å²) >= 11 is 0. The summed E-state index contributed by atoms with van der Waals surface area (Å²) in [6.45, 7) is 4.90. The van der Waals surface area contributed by atoms with Crippen molar-refractivity contribution >= 4 is 5.97 Å². The summed E-state index contributed by atoms with van der Waals surface area (Å²) in [4.78, 5) is 11.3. The number of hydrogen-bond acceptors (Lipinski definition) is 3. The van der Waals surface area contributed by atoms with Crippen molar-refractivity contribution in [3.63, 3.8) is 0 Å². The fourth-order valence-corrected chi connectivity index (χ4v) is 2.61. The monoisotopic (exact) mass is 292 g/mol. The summed E-state index contributed by atoms with van der Waals surface area (Å²) in [5, 5.41) is 9.28. The highest BCUT2D eigenvalue weighted by molar-refractivity contribution is 5.91. The molecule has 1 aliphatic rings. The number of rotatable bonds is 6. The molecule has 0 aromatic heterocycles. The third-order valence-corrected chi connectivity index (χ3v) is 3.91. The Kier molecular flexibility index (Phi) is 5.48. The van der Waals surface area contributed by atoms with Crippen LogP contribution in [0, 0.1) is 5.92 Å². The van der Waals surface area contributed by atoms with Gasteiger partial charge in [-0.2, -0.15) is 0 Å². The number of aromatic carboxylic acids is 1. The maximum Gasteiger partial charge on any atom is 0.339 e. The second-order valence-electron chi connectivity index (χ2n) is 5.81. The molecule has 0 atom stereocenters. The van der Waals surface area contributed by atoms with E-state index in [9.17, 15) is 9.90 Å². The molecule has 0 aliphatic heterocycles. The predicted octanol–water partition coefficient (Wildman–Crippen LogP) is 4.13. The molecule has 1 N–H and O–H groups in total. The van der Waals surface area contributed by atoms with Crippen LogP contribution in [0.5, 0.6) is 11.5 Å². The molecule has 0 saturated heterocycles. The van der Waals surface area contributed by atoms with Gasteiger partial charge in [-0.25, -0.2) is 4.79 Å². The fraction of sp³-hybridized carbons (Fsp3) is 0.588. The van der Waals surface area contributed by atoms with Crippen LogP contribution in [0.1, 0.15) is 56.3 Å². The van der Waals surface area contributed by atoms with E-state index in [-0.39, 0.29) is 11.7 Å². The van der Waals surface area contributed by atoms with E-state index in [4.69, 9.17) is 9.47 Å². The molecule has 1 aromatic carbocycles. The first-order valence-corrected chi connectivity index (χ1v) is 7.77. The molecule has 4 nitrogen and oxygen atoms in total. The second-order valence-corrected chi connectivity index (χ2v) is 5.81. The smallest absolute Gasteiger partial charge is 0.339 e. The van der Waals surface area contributed by atoms with Crippen molar-refractivity contribution in [2.45, 2.75) is 52.1 Å². The summed E-state index contributed by atoms with van der Waals surface area (Å²) in [6.07, 6.45) is 5.27. The molecule has 0 heterocycles. The predicted molar refractivity (Wildman–Crippen MR) is 81.2 cm³/mol. The number of carbonyl (C=O) groups is 1. The summed E-state index contributed by atoms with van der Waals surface area (Å²) in [6, 6.07) is 4.96. The van der Waals surface area contributed by atoms with Crippen molar-refractivity contribution in [1.82, 2.24) is 0 Å². The molecule has 1 aromatic rings. The van der Waals surface area contributed by atoms with E-state index in [0.717, 1.165) is 38.0 Å². The van der Waals surface area contributed by atoms with Crippen molar-refractivity contribution < 1.29 is 19.4 Å². The van der Waals surface area contributed by atoms with Crippen molar-refractivity contribution in [2.24, 2.45) is 5.92 Å². The lowest BCUT2D eigenvalue weighted by Gasteiger charge is -2.27. The van der Waals surface area contributed by atoms with Crippen LogP contribution in [0.15, 0.2) is 18.2 Å². The summed E-state index contributed by atoms with van der Waals surface area (Å²) in [7, 11) is 0. The largest absolute Gasteiger partial charge is 0.493 e. The molecule has 2 rings (SSSR count). The lowest BCUT2D eigenvalue weighted by molar-refractivity contribution is 0.0684. The van der Waals surface area contributed by atoms with Crippen LogP contribution in [-0.2, 0) is 0 Å². The molecule has 4 heteroatoms. The number of benzene rings is 1. The fourth-order valence-electron chi connectivity index (χ4n) is 2.61. The number of ether oxygens (including phenoxy) is 2. The van der Waals surface area contributed by atoms with Crippen LogP contribution in [0.25, 0.3) is 0 Å². The summed E-state index contributed by atoms with van der Waals surface area (Å²) in [5.74, 6) is 0.871. The third kappa shape index (κ3) is 4.38. The molecule has 0 radical (unpaired) electrons. The van der Waals surface area contributed by atoms with Gasteiger partial charge in [-0.05, 0) is 50.2 Å². The van der Waals surface area contributed by atoms with E-state index in [1.54, 1.807) is 18.2 Å². The SMILES string of the molecule is CCCOc1ccc(C(=O)O)c(OC2CCC(C)CC2)c1. The van der Waals surface area contributed by atoms with Crippen LogP contribution in [-0.4, -0.2) is 23.8 Å². The van der Waals surface area contributed by atoms with E-state index in [2.05, 4.69) is 6.92 Å². The van der Waals surface area contributed by atoms with Gasteiger partial charge in [0.15, 0.2) is 0 Å². The average molecular weight is 292 g/mol. The normalized spacial score (nSPS) is 21.8. The molecule has 1 fully saturated rings. The maximum absolute atomic E-state index is 11.3. The van der Waals surface area contributed by atoms with Crippen LogP contribution in [0.4, 0.5) is 0 Å². The topological polar surface area (TPSA) is 55.8 Å². The van der Waals surface area contributed by atoms with Gasteiger partial charge >= 0.3 is 5.97 Å². The summed E-state index contributed by atoms with van der Waals surface area (Å²) < 4.78 is 11.5. The molecule has 0 bridgehead atoms. The Morgan fingerprint density at radius 3 is 2.62 bits per heavy atom. The lowest BCUT2D eigenvalue weighted by atomic mass is 9.89. The number of carboxylic acid groups (broad SMARTS) is 1. The average Bonchev–Trinajstić information content (AvgIpc) is 2.47. The zero-order valence-electron chi connectivity index (χ0n) is 12.8. The highest BCUT2D eigenvalue weighted by atomic mass is 16.5. The van der Waals surface area contributed by atoms with E-state index >= 15 is 0 Å². The molecular formula is C17H24O4. The zero-order valence-corrected chi connectivity index (χ0v) is 12.8. The van der Waals surface area contributed by atoms with Crippen LogP contribution in [0.3, 0.4) is 0 Å². The van der Waals surface area contributed by atoms with Gasteiger partial charge in [-0.1, -0.05) is 13.8 Å². The standard InChI is InChI=1S/C17H24O4/c1-3-10-20-14-8-9-15(17(18)19)16(11-14)21-13-6-4-12(2)5-7-13/h8-9,11-13H,3-7,10H2,1-2H3,(H,18,19). The Morgan fingerprint density at radius 1 is 1.29 bits per heavy atom. The minimum atomic E-state index is -0.962. The molecular weight excluding hydrogens is 268 g/mol. The Hall–Kier alpha value is -1.71. The Morgan fingerprint density at radius 2 is 2.00 bits per heavy atom. The van der Waals surface area contributed by atoms with Gasteiger partial charge < -0.3 is 14.6 Å². The molecule has 0 spiro atoms. The molecule has 1 aliphatic carbocycles. The van der Waals surface area contributed by atoms with Gasteiger partial charge in [0, 0.05) is 6.07 Å². The van der Waals surface area contributed by atoms with Gasteiger partial charge in [0.05, 0.1) is 12.7 Å². The first kappa shape index (κ1) is 15.7. The van der Waals surface area contributed by atoms with Gasteiger partial charge in [0.25, 0.3) is 0 Å². The first-order valence-electron chi connectivity index (χ1n) is 7.77. The second kappa shape index (κ2) is 7.34. The van der Waals surface area contributed by atoms with Gasteiger partial charge in [-0.15, -0.1) is 0 Å². The Labute approximate surface area is 126 Å². The Balaban J connectivity index is 2.12. The molecule has 0 unspecified atom stereocenters. The third-order valence-electron chi connectivity index (χ3n) is 3.91. The van der Waals surface area contributed by atoms with E-state index < -0.39 is 5.97 Å². The first-order chi connectivity index (χ1) is 10.1. The van der Waals surface area contributed by atoms with Crippen LogP contribution < -0.4 is 9.47 Å². The van der Waals surface area contributed by atoms with Crippen molar-refractivity contribution in [2.75, 3.05) is 6.61 Å². The molecule has 21 heavy (non-hydrogen) atoms. The number of carboxylic acids is 1. The highest BCUT2D eigenvalue weighted by Crippen LogP contribution is 2.31. The van der Waals surface area contributed by atoms with E-state index in [1.165, 1.54) is 0 Å². The van der Waals surface area contributed by atoms with Gasteiger partial charge in [-0.3, -0.25) is 0 Å². The molecule has 0 amide bonds. The Bertz CT molecular complexity index is 476. The van der Waals surface area contributed by atoms with E-state index in [1.807, 2.05) is 6.92 Å². The molecule has 1 saturated carbocycles. The van der Waals surface area contributed by atoms with E-state index in [0.29, 0.717) is 18.1 Å². The lowest BCUT2D eigenvalue weighted by Crippen LogP contribution is -2.23. The van der Waals surface area contributed by atoms with Crippen molar-refractivity contribution in [1.29, 1.82) is 0 Å². The maximum atomic E-state index is 11.3. The van der Waals surface area contributed by atoms with Crippen LogP contribution in [0.2, 0.25) is 0 Å². The van der Waals surface area contributed by atoms with Gasteiger partial charge in [0.1, 0.15) is 17.1 Å². The quantitative estimate of drug-likeness (QED) is 0.856. The van der Waals surface area contributed by atoms with Crippen molar-refractivity contribution in [3.8, 4) is 11.5 Å². The highest BCUT2D eigenvalue weighted by Gasteiger charge is 2.22. The molecule has 116 valence electrons. The minimum Gasteiger partial charge on any atom is -0.493 e. The minimum absolute atomic E-state index is 0.112. The van der Waals surface area contributed by atoms with Crippen molar-refractivity contribution in [3.05, 3.63) is 23.8 Å². The summed E-state index contributed by atoms with van der Waals surface area (Å²) in [5.41, 5.74) is 0.206. The van der Waals surface area contributed by atoms with Gasteiger partial charge in [0.2, 0.25) is 0 Å².